The molecule has 1 heterocycles. The van der Waals surface area contributed by atoms with E-state index in [1.807, 2.05) is 6.92 Å². The Hall–Kier alpha value is -0.270. The van der Waals surface area contributed by atoms with Crippen LogP contribution in [-0.4, -0.2) is 33.1 Å². The Balaban J connectivity index is 1.81. The molecule has 1 amide bonds. The van der Waals surface area contributed by atoms with E-state index in [1.54, 1.807) is 23.1 Å². The summed E-state index contributed by atoms with van der Waals surface area (Å²) < 4.78 is 1.86. The van der Waals surface area contributed by atoms with E-state index >= 15 is 0 Å². The third-order valence-corrected chi connectivity index (χ3v) is 6.13. The van der Waals surface area contributed by atoms with E-state index in [9.17, 15) is 4.79 Å². The maximum atomic E-state index is 12.1. The van der Waals surface area contributed by atoms with Crippen molar-refractivity contribution < 1.29 is 4.79 Å². The van der Waals surface area contributed by atoms with Crippen LogP contribution in [0.5, 0.6) is 0 Å². The number of hydrogen-bond acceptors (Lipinski definition) is 6. The van der Waals surface area contributed by atoms with Crippen molar-refractivity contribution in [3.05, 3.63) is 0 Å². The molecule has 4 nitrogen and oxygen atoms in total. The molecule has 0 spiro atoms. The minimum absolute atomic E-state index is 0.104. The summed E-state index contributed by atoms with van der Waals surface area (Å²) >= 11 is 4.76. The van der Waals surface area contributed by atoms with Crippen molar-refractivity contribution in [3.8, 4) is 0 Å². The van der Waals surface area contributed by atoms with Crippen LogP contribution in [0.1, 0.15) is 39.5 Å². The highest BCUT2D eigenvalue weighted by Crippen LogP contribution is 2.31. The van der Waals surface area contributed by atoms with E-state index < -0.39 is 0 Å². The van der Waals surface area contributed by atoms with Gasteiger partial charge in [-0.15, -0.1) is 10.2 Å². The van der Waals surface area contributed by atoms with Crippen molar-refractivity contribution in [2.75, 3.05) is 5.75 Å². The molecule has 1 aromatic heterocycles. The van der Waals surface area contributed by atoms with E-state index in [2.05, 4.69) is 22.4 Å². The molecule has 1 aromatic rings. The van der Waals surface area contributed by atoms with Gasteiger partial charge in [-0.2, -0.15) is 0 Å². The molecular weight excluding hydrogens is 298 g/mol. The second-order valence-electron chi connectivity index (χ2n) is 4.52. The van der Waals surface area contributed by atoms with Crippen molar-refractivity contribution in [2.24, 2.45) is 0 Å². The van der Waals surface area contributed by atoms with Gasteiger partial charge in [-0.25, -0.2) is 0 Å². The van der Waals surface area contributed by atoms with Crippen LogP contribution in [0.4, 0.5) is 0 Å². The fraction of sp³-hybridized carbons (Fsp3) is 0.750. The van der Waals surface area contributed by atoms with Crippen LogP contribution in [0.15, 0.2) is 8.68 Å². The highest BCUT2D eigenvalue weighted by Gasteiger charge is 2.22. The largest absolute Gasteiger partial charge is 0.352 e. The summed E-state index contributed by atoms with van der Waals surface area (Å²) in [6.45, 7) is 4.03. The number of carbonyl (C=O) groups is 1. The Labute approximate surface area is 126 Å². The van der Waals surface area contributed by atoms with Crippen LogP contribution < -0.4 is 5.32 Å². The summed E-state index contributed by atoms with van der Waals surface area (Å²) in [5.41, 5.74) is 0. The summed E-state index contributed by atoms with van der Waals surface area (Å²) in [6, 6.07) is 0.385. The third-order valence-electron chi connectivity index (χ3n) is 3.00. The Kier molecular flexibility index (Phi) is 5.97. The number of amides is 1. The highest BCUT2D eigenvalue weighted by atomic mass is 32.2. The van der Waals surface area contributed by atoms with E-state index in [4.69, 9.17) is 0 Å². The fourth-order valence-electron chi connectivity index (χ4n) is 2.02. The van der Waals surface area contributed by atoms with Gasteiger partial charge in [-0.05, 0) is 25.5 Å². The van der Waals surface area contributed by atoms with Crippen molar-refractivity contribution in [1.29, 1.82) is 0 Å². The molecule has 0 saturated heterocycles. The normalized spacial score (nSPS) is 17.6. The Morgan fingerprint density at radius 2 is 2.11 bits per heavy atom. The standard InChI is InChI=1S/C12H19N3OS3/c1-3-17-11-14-15-12(19-11)18-8(2)10(16)13-9-6-4-5-7-9/h8-9H,3-7H2,1-2H3,(H,13,16)/t8-/m1/s1. The van der Waals surface area contributed by atoms with Gasteiger partial charge in [-0.3, -0.25) is 4.79 Å². The van der Waals surface area contributed by atoms with Gasteiger partial charge in [0, 0.05) is 6.04 Å². The Morgan fingerprint density at radius 3 is 2.79 bits per heavy atom. The molecular formula is C12H19N3OS3. The minimum atomic E-state index is -0.104. The topological polar surface area (TPSA) is 54.9 Å². The summed E-state index contributed by atoms with van der Waals surface area (Å²) in [4.78, 5) is 12.1. The number of rotatable bonds is 6. The smallest absolute Gasteiger partial charge is 0.233 e. The van der Waals surface area contributed by atoms with E-state index in [-0.39, 0.29) is 11.2 Å². The second kappa shape index (κ2) is 7.50. The molecule has 106 valence electrons. The second-order valence-corrected chi connectivity index (χ2v) is 8.59. The lowest BCUT2D eigenvalue weighted by atomic mass is 10.2. The summed E-state index contributed by atoms with van der Waals surface area (Å²) in [7, 11) is 0. The first-order valence-corrected chi connectivity index (χ1v) is 9.30. The Bertz CT molecular complexity index is 418. The van der Waals surface area contributed by atoms with Crippen LogP contribution in [0.3, 0.4) is 0 Å². The molecule has 0 radical (unpaired) electrons. The van der Waals surface area contributed by atoms with Crippen molar-refractivity contribution in [1.82, 2.24) is 15.5 Å². The number of thioether (sulfide) groups is 2. The first-order valence-electron chi connectivity index (χ1n) is 6.62. The van der Waals surface area contributed by atoms with Crippen molar-refractivity contribution in [2.45, 2.75) is 59.5 Å². The number of hydrogen-bond donors (Lipinski definition) is 1. The monoisotopic (exact) mass is 317 g/mol. The van der Waals surface area contributed by atoms with Crippen LogP contribution in [0.25, 0.3) is 0 Å². The van der Waals surface area contributed by atoms with Gasteiger partial charge < -0.3 is 5.32 Å². The van der Waals surface area contributed by atoms with E-state index in [0.717, 1.165) is 27.3 Å². The zero-order valence-corrected chi connectivity index (χ0v) is 13.7. The quantitative estimate of drug-likeness (QED) is 0.817. The van der Waals surface area contributed by atoms with Gasteiger partial charge in [0.05, 0.1) is 5.25 Å². The third kappa shape index (κ3) is 4.65. The molecule has 1 aliphatic carbocycles. The lowest BCUT2D eigenvalue weighted by molar-refractivity contribution is -0.120. The lowest BCUT2D eigenvalue weighted by Gasteiger charge is -2.15. The molecule has 1 N–H and O–H groups in total. The van der Waals surface area contributed by atoms with Crippen LogP contribution >= 0.6 is 34.9 Å². The van der Waals surface area contributed by atoms with Gasteiger partial charge in [0.15, 0.2) is 8.68 Å². The van der Waals surface area contributed by atoms with Crippen LogP contribution in [0.2, 0.25) is 0 Å². The average Bonchev–Trinajstić information content (AvgIpc) is 3.02. The minimum Gasteiger partial charge on any atom is -0.352 e. The van der Waals surface area contributed by atoms with Gasteiger partial charge in [0.1, 0.15) is 0 Å². The predicted molar refractivity (Wildman–Crippen MR) is 82.0 cm³/mol. The van der Waals surface area contributed by atoms with E-state index in [1.165, 1.54) is 24.6 Å². The van der Waals surface area contributed by atoms with Gasteiger partial charge >= 0.3 is 0 Å². The van der Waals surface area contributed by atoms with Crippen molar-refractivity contribution in [3.63, 3.8) is 0 Å². The molecule has 1 atom stereocenters. The maximum absolute atomic E-state index is 12.1. The first kappa shape index (κ1) is 15.1. The van der Waals surface area contributed by atoms with Crippen molar-refractivity contribution >= 4 is 40.8 Å². The Morgan fingerprint density at radius 1 is 1.42 bits per heavy atom. The molecule has 0 aliphatic heterocycles. The SMILES string of the molecule is CCSc1nnc(S[C@H](C)C(=O)NC2CCCC2)s1. The first-order chi connectivity index (χ1) is 9.19. The molecule has 2 rings (SSSR count). The molecule has 1 saturated carbocycles. The number of carbonyl (C=O) groups excluding carboxylic acids is 1. The van der Waals surface area contributed by atoms with Gasteiger partial charge in [0.25, 0.3) is 0 Å². The number of aromatic nitrogens is 2. The molecule has 0 bridgehead atoms. The fourth-order valence-corrected chi connectivity index (χ4v) is 5.09. The highest BCUT2D eigenvalue weighted by molar-refractivity contribution is 8.03. The molecule has 0 aromatic carbocycles. The molecule has 19 heavy (non-hydrogen) atoms. The van der Waals surface area contributed by atoms with Crippen LogP contribution in [-0.2, 0) is 4.79 Å². The lowest BCUT2D eigenvalue weighted by Crippen LogP contribution is -2.37. The van der Waals surface area contributed by atoms with Gasteiger partial charge in [-0.1, -0.05) is 54.6 Å². The van der Waals surface area contributed by atoms with Gasteiger partial charge in [0.2, 0.25) is 5.91 Å². The summed E-state index contributed by atoms with van der Waals surface area (Å²) in [6.07, 6.45) is 4.72. The van der Waals surface area contributed by atoms with Crippen LogP contribution in [0, 0.1) is 0 Å². The predicted octanol–water partition coefficient (Wildman–Crippen LogP) is 3.19. The number of nitrogens with one attached hydrogen (secondary N) is 1. The zero-order valence-electron chi connectivity index (χ0n) is 11.2. The number of nitrogens with zero attached hydrogens (tertiary/aromatic N) is 2. The zero-order chi connectivity index (χ0) is 13.7. The molecule has 1 fully saturated rings. The summed E-state index contributed by atoms with van der Waals surface area (Å²) in [5.74, 6) is 1.12. The molecule has 1 aliphatic rings. The molecule has 0 unspecified atom stereocenters. The van der Waals surface area contributed by atoms with E-state index in [0.29, 0.717) is 6.04 Å². The maximum Gasteiger partial charge on any atom is 0.233 e. The molecule has 7 heteroatoms. The average molecular weight is 318 g/mol. The summed E-state index contributed by atoms with van der Waals surface area (Å²) in [5, 5.41) is 11.2.